The van der Waals surface area contributed by atoms with E-state index in [1.807, 2.05) is 49.7 Å². The van der Waals surface area contributed by atoms with Gasteiger partial charge in [-0.3, -0.25) is 14.6 Å². The van der Waals surface area contributed by atoms with Crippen molar-refractivity contribution >= 4 is 51.8 Å². The first-order valence-corrected chi connectivity index (χ1v) is 13.1. The van der Waals surface area contributed by atoms with Gasteiger partial charge in [0.25, 0.3) is 11.8 Å². The van der Waals surface area contributed by atoms with Gasteiger partial charge in [0.2, 0.25) is 5.72 Å². The Bertz CT molecular complexity index is 1560. The zero-order valence-electron chi connectivity index (χ0n) is 22.2. The molecule has 1 spiro atoms. The Labute approximate surface area is 226 Å². The minimum absolute atomic E-state index is 0.0815. The third-order valence-electron chi connectivity index (χ3n) is 8.20. The van der Waals surface area contributed by atoms with Gasteiger partial charge in [-0.25, -0.2) is 4.79 Å². The number of carbonyl (C=O) groups is 3. The number of aryl methyl sites for hydroxylation is 1. The largest absolute Gasteiger partial charge is 0.459 e. The van der Waals surface area contributed by atoms with Crippen LogP contribution < -0.4 is 15.4 Å². The predicted octanol–water partition coefficient (Wildman–Crippen LogP) is 4.57. The fourth-order valence-corrected chi connectivity index (χ4v) is 5.92. The Morgan fingerprint density at radius 1 is 1.08 bits per heavy atom. The molecule has 0 aliphatic carbocycles. The molecule has 39 heavy (non-hydrogen) atoms. The minimum atomic E-state index is -0.826. The van der Waals surface area contributed by atoms with Gasteiger partial charge >= 0.3 is 5.97 Å². The number of nitrogens with two attached hydrogens (primary N) is 1. The number of ether oxygens (including phenoxy) is 1. The molecule has 9 nitrogen and oxygen atoms in total. The molecule has 9 heteroatoms. The van der Waals surface area contributed by atoms with Crippen LogP contribution in [-0.2, 0) is 31.1 Å². The molecule has 3 heterocycles. The highest BCUT2D eigenvalue weighted by Gasteiger charge is 2.58. The molecule has 3 aromatic rings. The summed E-state index contributed by atoms with van der Waals surface area (Å²) >= 11 is 0. The zero-order valence-corrected chi connectivity index (χ0v) is 22.2. The molecule has 1 atom stereocenters. The Morgan fingerprint density at radius 3 is 2.62 bits per heavy atom. The fraction of sp³-hybridized carbons (Fsp3) is 0.333. The lowest BCUT2D eigenvalue weighted by Crippen LogP contribution is -2.61. The quantitative estimate of drug-likeness (QED) is 0.383. The maximum absolute atomic E-state index is 12.2. The number of aliphatic imine (C=N–C) groups is 1. The highest BCUT2D eigenvalue weighted by molar-refractivity contribution is 6.04. The molecule has 3 aliphatic rings. The van der Waals surface area contributed by atoms with Crippen LogP contribution in [0, 0.1) is 0 Å². The molecule has 2 amide bonds. The zero-order chi connectivity index (χ0) is 27.5. The summed E-state index contributed by atoms with van der Waals surface area (Å²) in [4.78, 5) is 47.6. The Morgan fingerprint density at radius 2 is 1.85 bits per heavy atom. The molecule has 1 fully saturated rings. The van der Waals surface area contributed by atoms with Crippen molar-refractivity contribution in [2.45, 2.75) is 57.1 Å². The van der Waals surface area contributed by atoms with Crippen LogP contribution in [0.25, 0.3) is 10.8 Å². The molecule has 1 saturated heterocycles. The summed E-state index contributed by atoms with van der Waals surface area (Å²) in [5.41, 5.74) is 9.63. The summed E-state index contributed by atoms with van der Waals surface area (Å²) in [6.45, 7) is 4.30. The van der Waals surface area contributed by atoms with Crippen LogP contribution in [0.15, 0.2) is 53.5 Å². The number of fused-ring (bicyclic) bond motifs is 4. The van der Waals surface area contributed by atoms with Gasteiger partial charge in [-0.2, -0.15) is 0 Å². The Hall–Kier alpha value is -4.40. The first-order valence-electron chi connectivity index (χ1n) is 13.1. The van der Waals surface area contributed by atoms with Gasteiger partial charge in [-0.15, -0.1) is 5.06 Å². The summed E-state index contributed by atoms with van der Waals surface area (Å²) < 4.78 is 6.79. The molecule has 0 aromatic heterocycles. The molecule has 2 N–H and O–H groups in total. The number of hydroxylamine groups is 2. The number of hydrogen-bond acceptors (Lipinski definition) is 8. The lowest BCUT2D eigenvalue weighted by Gasteiger charge is -2.45. The number of hydrogen-bond donors (Lipinski definition) is 1. The molecule has 3 aromatic carbocycles. The maximum atomic E-state index is 12.2. The third kappa shape index (κ3) is 3.75. The SMILES string of the molecule is CN1c2ccc(CCCC(=O)ON3C(=O)CCC3=O)cc2C(C)(C)C12C=Nc1c(ccc3c(N)cccc13)O2. The van der Waals surface area contributed by atoms with Crippen molar-refractivity contribution in [2.24, 2.45) is 4.99 Å². The summed E-state index contributed by atoms with van der Waals surface area (Å²) in [6, 6.07) is 16.0. The van der Waals surface area contributed by atoms with Crippen molar-refractivity contribution < 1.29 is 24.0 Å². The standard InChI is InChI=1S/C30H30N4O5/c1-29(2)21-16-18(6-4-9-27(37)39-34-25(35)14-15-26(34)36)10-12-23(21)33(3)30(29)17-32-28-20-7-5-8-22(31)19(20)11-13-24(28)38-30/h5,7-8,10-13,16-17H,4,6,9,14-15,31H2,1-3H3. The monoisotopic (exact) mass is 526 g/mol. The topological polar surface area (TPSA) is 115 Å². The van der Waals surface area contributed by atoms with E-state index in [2.05, 4.69) is 30.9 Å². The van der Waals surface area contributed by atoms with Crippen LogP contribution in [-0.4, -0.2) is 41.8 Å². The van der Waals surface area contributed by atoms with Gasteiger partial charge in [0.15, 0.2) is 0 Å². The number of nitrogen functional groups attached to an aromatic ring is 1. The highest BCUT2D eigenvalue weighted by atomic mass is 16.7. The van der Waals surface area contributed by atoms with Gasteiger partial charge in [-0.1, -0.05) is 24.3 Å². The lowest BCUT2D eigenvalue weighted by molar-refractivity contribution is -0.197. The van der Waals surface area contributed by atoms with Gasteiger partial charge in [0.1, 0.15) is 11.4 Å². The smallest absolute Gasteiger partial charge is 0.333 e. The van der Waals surface area contributed by atoms with Crippen molar-refractivity contribution in [3.05, 3.63) is 59.7 Å². The maximum Gasteiger partial charge on any atom is 0.333 e. The first-order chi connectivity index (χ1) is 18.6. The molecule has 1 unspecified atom stereocenters. The number of anilines is 2. The van der Waals surface area contributed by atoms with Crippen molar-refractivity contribution in [3.8, 4) is 5.75 Å². The first kappa shape index (κ1) is 24.9. The second-order valence-corrected chi connectivity index (χ2v) is 10.8. The Balaban J connectivity index is 1.21. The van der Waals surface area contributed by atoms with Crippen molar-refractivity contribution in [1.82, 2.24) is 5.06 Å². The van der Waals surface area contributed by atoms with Gasteiger partial charge in [0, 0.05) is 48.5 Å². The number of carbonyl (C=O) groups excluding carboxylic acids is 3. The molecule has 0 saturated carbocycles. The Kier molecular flexibility index (Phi) is 5.64. The average molecular weight is 527 g/mol. The summed E-state index contributed by atoms with van der Waals surface area (Å²) in [5, 5.41) is 2.49. The molecule has 6 rings (SSSR count). The molecule has 0 bridgehead atoms. The lowest BCUT2D eigenvalue weighted by atomic mass is 9.77. The van der Waals surface area contributed by atoms with Crippen molar-refractivity contribution in [3.63, 3.8) is 0 Å². The van der Waals surface area contributed by atoms with E-state index in [4.69, 9.17) is 20.3 Å². The number of rotatable bonds is 5. The van der Waals surface area contributed by atoms with Crippen LogP contribution in [0.4, 0.5) is 17.1 Å². The molecule has 200 valence electrons. The third-order valence-corrected chi connectivity index (χ3v) is 8.20. The predicted molar refractivity (Wildman–Crippen MR) is 148 cm³/mol. The average Bonchev–Trinajstić information content (AvgIpc) is 3.30. The second-order valence-electron chi connectivity index (χ2n) is 10.8. The van der Waals surface area contributed by atoms with Crippen molar-refractivity contribution in [2.75, 3.05) is 17.7 Å². The number of benzene rings is 3. The summed E-state index contributed by atoms with van der Waals surface area (Å²) in [7, 11) is 2.01. The molecule has 0 radical (unpaired) electrons. The molecular formula is C30H30N4O5. The van der Waals surface area contributed by atoms with Crippen LogP contribution in [0.1, 0.15) is 50.7 Å². The summed E-state index contributed by atoms with van der Waals surface area (Å²) in [5.74, 6) is -0.822. The minimum Gasteiger partial charge on any atom is -0.459 e. The second kappa shape index (κ2) is 8.83. The number of likely N-dealkylation sites (N-methyl/N-ethyl adjacent to an activating group) is 1. The van der Waals surface area contributed by atoms with E-state index in [9.17, 15) is 14.4 Å². The summed E-state index contributed by atoms with van der Waals surface area (Å²) in [6.07, 6.45) is 3.33. The van der Waals surface area contributed by atoms with E-state index < -0.39 is 28.9 Å². The number of nitrogens with zero attached hydrogens (tertiary/aromatic N) is 3. The number of amides is 2. The van der Waals surface area contributed by atoms with Crippen LogP contribution in [0.3, 0.4) is 0 Å². The van der Waals surface area contributed by atoms with Gasteiger partial charge in [0.05, 0.1) is 11.6 Å². The van der Waals surface area contributed by atoms with E-state index >= 15 is 0 Å². The number of imide groups is 1. The van der Waals surface area contributed by atoms with Crippen LogP contribution in [0.5, 0.6) is 5.75 Å². The van der Waals surface area contributed by atoms with Crippen LogP contribution in [0.2, 0.25) is 0 Å². The van der Waals surface area contributed by atoms with Gasteiger partial charge in [-0.05, 0) is 62.1 Å². The normalized spacial score (nSPS) is 20.9. The molecule has 3 aliphatic heterocycles. The van der Waals surface area contributed by atoms with E-state index in [1.54, 1.807) is 0 Å². The van der Waals surface area contributed by atoms with E-state index in [0.29, 0.717) is 29.3 Å². The molecular weight excluding hydrogens is 496 g/mol. The van der Waals surface area contributed by atoms with Crippen LogP contribution >= 0.6 is 0 Å². The van der Waals surface area contributed by atoms with E-state index in [0.717, 1.165) is 33.3 Å². The van der Waals surface area contributed by atoms with E-state index in [1.165, 1.54) is 0 Å². The van der Waals surface area contributed by atoms with E-state index in [-0.39, 0.29) is 19.3 Å². The highest BCUT2D eigenvalue weighted by Crippen LogP contribution is 2.54. The van der Waals surface area contributed by atoms with Gasteiger partial charge < -0.3 is 20.2 Å². The fourth-order valence-electron chi connectivity index (χ4n) is 5.92. The van der Waals surface area contributed by atoms with Crippen molar-refractivity contribution in [1.29, 1.82) is 0 Å².